The molecule has 0 fully saturated rings. The quantitative estimate of drug-likeness (QED) is 0.747. The summed E-state index contributed by atoms with van der Waals surface area (Å²) in [7, 11) is 1.63. The third kappa shape index (κ3) is 4.07. The Morgan fingerprint density at radius 3 is 2.72 bits per heavy atom. The van der Waals surface area contributed by atoms with Gasteiger partial charge >= 0.3 is 0 Å². The first-order valence-corrected chi connectivity index (χ1v) is 7.69. The molecule has 1 aromatic carbocycles. The van der Waals surface area contributed by atoms with Gasteiger partial charge in [-0.25, -0.2) is 9.37 Å². The number of pyridine rings is 1. The van der Waals surface area contributed by atoms with Crippen molar-refractivity contribution in [3.05, 3.63) is 77.0 Å². The average Bonchev–Trinajstić information content (AvgIpc) is 2.98. The first-order valence-electron chi connectivity index (χ1n) is 7.69. The minimum atomic E-state index is -0.361. The molecule has 0 saturated heterocycles. The lowest BCUT2D eigenvalue weighted by Crippen LogP contribution is -2.16. The van der Waals surface area contributed by atoms with Gasteiger partial charge in [-0.1, -0.05) is 18.2 Å². The third-order valence-electron chi connectivity index (χ3n) is 3.69. The second-order valence-corrected chi connectivity index (χ2v) is 5.62. The molecule has 0 spiro atoms. The van der Waals surface area contributed by atoms with Crippen molar-refractivity contribution in [1.82, 2.24) is 14.8 Å². The maximum absolute atomic E-state index is 13.2. The largest absolute Gasteiger partial charge is 0.390 e. The molecule has 0 atom stereocenters. The second kappa shape index (κ2) is 7.23. The number of nitrogens with one attached hydrogen (secondary N) is 1. The number of carbonyl (C=O) groups excluding carboxylic acids is 1. The van der Waals surface area contributed by atoms with Gasteiger partial charge in [0.2, 0.25) is 0 Å². The number of halogens is 1. The van der Waals surface area contributed by atoms with Gasteiger partial charge in [-0.15, -0.1) is 0 Å². The number of aliphatic hydroxyl groups is 1. The monoisotopic (exact) mass is 340 g/mol. The molecule has 3 aromatic rings. The maximum Gasteiger partial charge on any atom is 0.275 e. The predicted octanol–water partition coefficient (Wildman–Crippen LogP) is 2.29. The van der Waals surface area contributed by atoms with Gasteiger partial charge in [0.05, 0.1) is 12.3 Å². The van der Waals surface area contributed by atoms with Crippen LogP contribution in [-0.4, -0.2) is 25.8 Å². The zero-order valence-corrected chi connectivity index (χ0v) is 13.6. The Morgan fingerprint density at radius 1 is 1.24 bits per heavy atom. The fourth-order valence-corrected chi connectivity index (χ4v) is 2.48. The molecule has 1 amide bonds. The van der Waals surface area contributed by atoms with Crippen LogP contribution in [0.4, 0.5) is 10.2 Å². The molecule has 0 aliphatic heterocycles. The van der Waals surface area contributed by atoms with E-state index in [1.54, 1.807) is 25.4 Å². The molecule has 0 aliphatic carbocycles. The number of rotatable bonds is 5. The van der Waals surface area contributed by atoms with Crippen LogP contribution in [0.15, 0.2) is 48.7 Å². The van der Waals surface area contributed by atoms with Gasteiger partial charge in [0.15, 0.2) is 0 Å². The van der Waals surface area contributed by atoms with E-state index >= 15 is 0 Å². The normalized spacial score (nSPS) is 10.7. The van der Waals surface area contributed by atoms with E-state index in [4.69, 9.17) is 5.11 Å². The van der Waals surface area contributed by atoms with E-state index in [9.17, 15) is 9.18 Å². The second-order valence-electron chi connectivity index (χ2n) is 5.62. The fourth-order valence-electron chi connectivity index (χ4n) is 2.48. The minimum Gasteiger partial charge on any atom is -0.390 e. The molecule has 6 nitrogen and oxygen atoms in total. The van der Waals surface area contributed by atoms with Crippen molar-refractivity contribution in [1.29, 1.82) is 0 Å². The molecule has 7 heteroatoms. The number of aromatic nitrogens is 3. The van der Waals surface area contributed by atoms with Crippen LogP contribution in [0, 0.1) is 5.82 Å². The molecular formula is C18H17FN4O2. The van der Waals surface area contributed by atoms with Crippen molar-refractivity contribution in [2.24, 2.45) is 7.05 Å². The third-order valence-corrected chi connectivity index (χ3v) is 3.69. The Bertz CT molecular complexity index is 890. The molecule has 2 heterocycles. The zero-order valence-electron chi connectivity index (χ0n) is 13.6. The molecule has 0 bridgehead atoms. The summed E-state index contributed by atoms with van der Waals surface area (Å²) in [5.41, 5.74) is 2.51. The molecular weight excluding hydrogens is 323 g/mol. The number of anilines is 1. The summed E-state index contributed by atoms with van der Waals surface area (Å²) in [6, 6.07) is 11.4. The van der Waals surface area contributed by atoms with Gasteiger partial charge in [-0.3, -0.25) is 9.48 Å². The summed E-state index contributed by atoms with van der Waals surface area (Å²) in [6.07, 6.45) is 2.20. The van der Waals surface area contributed by atoms with Gasteiger partial charge in [-0.05, 0) is 41.8 Å². The topological polar surface area (TPSA) is 80.0 Å². The van der Waals surface area contributed by atoms with Crippen LogP contribution in [0.25, 0.3) is 0 Å². The van der Waals surface area contributed by atoms with E-state index in [-0.39, 0.29) is 18.3 Å². The van der Waals surface area contributed by atoms with Crippen molar-refractivity contribution < 1.29 is 14.3 Å². The van der Waals surface area contributed by atoms with E-state index in [1.165, 1.54) is 22.9 Å². The molecule has 25 heavy (non-hydrogen) atoms. The molecule has 0 radical (unpaired) electrons. The van der Waals surface area contributed by atoms with Crippen LogP contribution in [0.3, 0.4) is 0 Å². The SMILES string of the molecule is Cn1nc(CO)cc1C(=O)Nc1ccc(Cc2cccc(F)c2)cn1. The van der Waals surface area contributed by atoms with Crippen molar-refractivity contribution >= 4 is 11.7 Å². The van der Waals surface area contributed by atoms with Gasteiger partial charge in [0, 0.05) is 13.2 Å². The molecule has 2 N–H and O–H groups in total. The lowest BCUT2D eigenvalue weighted by Gasteiger charge is -2.06. The van der Waals surface area contributed by atoms with Gasteiger partial charge in [-0.2, -0.15) is 5.10 Å². The lowest BCUT2D eigenvalue weighted by atomic mass is 10.1. The summed E-state index contributed by atoms with van der Waals surface area (Å²) < 4.78 is 14.6. The number of benzene rings is 1. The van der Waals surface area contributed by atoms with Gasteiger partial charge < -0.3 is 10.4 Å². The number of nitrogens with zero attached hydrogens (tertiary/aromatic N) is 3. The molecule has 128 valence electrons. The van der Waals surface area contributed by atoms with Gasteiger partial charge in [0.25, 0.3) is 5.91 Å². The number of aliphatic hydroxyl groups excluding tert-OH is 1. The van der Waals surface area contributed by atoms with Crippen molar-refractivity contribution in [2.45, 2.75) is 13.0 Å². The van der Waals surface area contributed by atoms with Crippen LogP contribution in [0.1, 0.15) is 27.3 Å². The van der Waals surface area contributed by atoms with E-state index in [0.29, 0.717) is 23.6 Å². The van der Waals surface area contributed by atoms with Gasteiger partial charge in [0.1, 0.15) is 17.3 Å². The molecule has 0 saturated carbocycles. The molecule has 2 aromatic heterocycles. The number of hydrogen-bond donors (Lipinski definition) is 2. The number of amides is 1. The summed E-state index contributed by atoms with van der Waals surface area (Å²) in [6.45, 7) is -0.228. The van der Waals surface area contributed by atoms with Crippen molar-refractivity contribution in [3.63, 3.8) is 0 Å². The smallest absolute Gasteiger partial charge is 0.275 e. The Kier molecular flexibility index (Phi) is 4.85. The highest BCUT2D eigenvalue weighted by molar-refractivity contribution is 6.02. The first kappa shape index (κ1) is 16.8. The molecule has 0 aliphatic rings. The number of aryl methyl sites for hydroxylation is 1. The summed E-state index contributed by atoms with van der Waals surface area (Å²) >= 11 is 0. The van der Waals surface area contributed by atoms with E-state index in [1.807, 2.05) is 12.1 Å². The Labute approximate surface area is 144 Å². The molecule has 0 unspecified atom stereocenters. The highest BCUT2D eigenvalue weighted by atomic mass is 19.1. The van der Waals surface area contributed by atoms with E-state index in [0.717, 1.165) is 11.1 Å². The summed E-state index contributed by atoms with van der Waals surface area (Å²) in [4.78, 5) is 16.5. The Morgan fingerprint density at radius 2 is 2.08 bits per heavy atom. The maximum atomic E-state index is 13.2. The van der Waals surface area contributed by atoms with Crippen LogP contribution in [0.5, 0.6) is 0 Å². The van der Waals surface area contributed by atoms with Crippen LogP contribution < -0.4 is 5.32 Å². The number of carbonyl (C=O) groups is 1. The van der Waals surface area contributed by atoms with Crippen molar-refractivity contribution in [3.8, 4) is 0 Å². The van der Waals surface area contributed by atoms with Crippen LogP contribution in [0.2, 0.25) is 0 Å². The summed E-state index contributed by atoms with van der Waals surface area (Å²) in [5, 5.41) is 15.8. The first-order chi connectivity index (χ1) is 12.0. The van der Waals surface area contributed by atoms with Crippen molar-refractivity contribution in [2.75, 3.05) is 5.32 Å². The number of hydrogen-bond acceptors (Lipinski definition) is 4. The lowest BCUT2D eigenvalue weighted by molar-refractivity contribution is 0.101. The summed E-state index contributed by atoms with van der Waals surface area (Å²) in [5.74, 6) is -0.229. The van der Waals surface area contributed by atoms with Crippen LogP contribution in [-0.2, 0) is 20.1 Å². The van der Waals surface area contributed by atoms with Crippen LogP contribution >= 0.6 is 0 Å². The standard InChI is InChI=1S/C18H17FN4O2/c1-23-16(9-15(11-24)22-23)18(25)21-17-6-5-13(10-20-17)7-12-3-2-4-14(19)8-12/h2-6,8-10,24H,7,11H2,1H3,(H,20,21,25). The average molecular weight is 340 g/mol. The fraction of sp³-hybridized carbons (Fsp3) is 0.167. The minimum absolute atomic E-state index is 0.228. The van der Waals surface area contributed by atoms with E-state index < -0.39 is 0 Å². The Hall–Kier alpha value is -3.06. The Balaban J connectivity index is 1.67. The highest BCUT2D eigenvalue weighted by Crippen LogP contribution is 2.13. The predicted molar refractivity (Wildman–Crippen MR) is 90.5 cm³/mol. The highest BCUT2D eigenvalue weighted by Gasteiger charge is 2.13. The van der Waals surface area contributed by atoms with E-state index in [2.05, 4.69) is 15.4 Å². The zero-order chi connectivity index (χ0) is 17.8. The molecule has 3 rings (SSSR count).